The molecular formula is C23H23N5. The number of fused-ring (bicyclic) bond motifs is 5. The van der Waals surface area contributed by atoms with E-state index in [0.29, 0.717) is 0 Å². The van der Waals surface area contributed by atoms with Crippen LogP contribution in [-0.4, -0.2) is 21.1 Å². The van der Waals surface area contributed by atoms with E-state index in [-0.39, 0.29) is 17.0 Å². The molecule has 0 saturated heterocycles. The molecule has 2 aliphatic heterocycles. The zero-order chi connectivity index (χ0) is 19.5. The Morgan fingerprint density at radius 1 is 0.857 bits per heavy atom. The van der Waals surface area contributed by atoms with Crippen LogP contribution in [0.2, 0.25) is 0 Å². The Balaban J connectivity index is 1.86. The van der Waals surface area contributed by atoms with Gasteiger partial charge in [-0.3, -0.25) is 4.90 Å². The van der Waals surface area contributed by atoms with Crippen molar-refractivity contribution in [3.63, 3.8) is 0 Å². The molecular weight excluding hydrogens is 346 g/mol. The molecule has 0 spiro atoms. The quantitative estimate of drug-likeness (QED) is 0.597. The predicted octanol–water partition coefficient (Wildman–Crippen LogP) is 4.97. The highest BCUT2D eigenvalue weighted by Gasteiger charge is 2.59. The van der Waals surface area contributed by atoms with Gasteiger partial charge < -0.3 is 4.90 Å². The molecule has 0 saturated carbocycles. The number of para-hydroxylation sites is 1. The molecule has 0 bridgehead atoms. The summed E-state index contributed by atoms with van der Waals surface area (Å²) in [5.41, 5.74) is 1.96. The first-order valence-corrected chi connectivity index (χ1v) is 9.54. The van der Waals surface area contributed by atoms with Gasteiger partial charge in [-0.2, -0.15) is 0 Å². The molecule has 1 aromatic carbocycles. The molecule has 3 aromatic rings. The smallest absolute Gasteiger partial charge is 0.179 e. The molecule has 2 aromatic heterocycles. The number of nitrogens with zero attached hydrogens (tertiary/aromatic N) is 5. The SMILES string of the molecule is C=CC1(C)c2ccccc2N2c3nccnc3N(c3ccccn3)C2C1(C)C. The number of anilines is 4. The minimum atomic E-state index is -0.236. The summed E-state index contributed by atoms with van der Waals surface area (Å²) in [5.74, 6) is 2.57. The second-order valence-corrected chi connectivity index (χ2v) is 8.15. The van der Waals surface area contributed by atoms with Crippen LogP contribution in [0.4, 0.5) is 23.1 Å². The Kier molecular flexibility index (Phi) is 3.41. The van der Waals surface area contributed by atoms with Crippen molar-refractivity contribution in [3.8, 4) is 0 Å². The van der Waals surface area contributed by atoms with Gasteiger partial charge in [-0.1, -0.05) is 51.1 Å². The standard InChI is InChI=1S/C23H23N5/c1-5-23(4)16-10-6-7-11-17(16)27-19-20(26-15-14-25-19)28(21(27)22(23,2)3)18-12-8-9-13-24-18/h5-15,21H,1H2,2-4H3. The van der Waals surface area contributed by atoms with E-state index in [2.05, 4.69) is 72.5 Å². The maximum absolute atomic E-state index is 4.73. The maximum Gasteiger partial charge on any atom is 0.179 e. The number of hydrogen-bond donors (Lipinski definition) is 0. The molecule has 0 fully saturated rings. The molecule has 140 valence electrons. The molecule has 5 heteroatoms. The summed E-state index contributed by atoms with van der Waals surface area (Å²) in [6.45, 7) is 11.1. The fraction of sp³-hybridized carbons (Fsp3) is 0.261. The van der Waals surface area contributed by atoms with Gasteiger partial charge in [0.05, 0.1) is 0 Å². The molecule has 2 aliphatic rings. The van der Waals surface area contributed by atoms with Crippen LogP contribution in [0.5, 0.6) is 0 Å². The predicted molar refractivity (Wildman–Crippen MR) is 112 cm³/mol. The highest BCUT2D eigenvalue weighted by molar-refractivity contribution is 5.86. The van der Waals surface area contributed by atoms with Gasteiger partial charge in [0.2, 0.25) is 0 Å². The van der Waals surface area contributed by atoms with Crippen molar-refractivity contribution < 1.29 is 0 Å². The van der Waals surface area contributed by atoms with Gasteiger partial charge in [0.25, 0.3) is 0 Å². The van der Waals surface area contributed by atoms with Crippen molar-refractivity contribution in [2.45, 2.75) is 32.4 Å². The summed E-state index contributed by atoms with van der Waals surface area (Å²) in [6.07, 6.45) is 7.39. The van der Waals surface area contributed by atoms with E-state index in [9.17, 15) is 0 Å². The average Bonchev–Trinajstić information content (AvgIpc) is 3.09. The Labute approximate surface area is 165 Å². The summed E-state index contributed by atoms with van der Waals surface area (Å²) in [4.78, 5) is 18.6. The normalized spacial score (nSPS) is 24.3. The van der Waals surface area contributed by atoms with E-state index in [1.807, 2.05) is 24.4 Å². The molecule has 5 nitrogen and oxygen atoms in total. The molecule has 0 radical (unpaired) electrons. The molecule has 5 rings (SSSR count). The number of hydrogen-bond acceptors (Lipinski definition) is 5. The topological polar surface area (TPSA) is 45.2 Å². The Hall–Kier alpha value is -3.21. The molecule has 28 heavy (non-hydrogen) atoms. The zero-order valence-electron chi connectivity index (χ0n) is 16.4. The molecule has 2 unspecified atom stereocenters. The summed E-state index contributed by atoms with van der Waals surface area (Å²) in [5, 5.41) is 0. The van der Waals surface area contributed by atoms with Crippen LogP contribution in [0, 0.1) is 5.41 Å². The lowest BCUT2D eigenvalue weighted by atomic mass is 9.58. The Morgan fingerprint density at radius 3 is 2.21 bits per heavy atom. The largest absolute Gasteiger partial charge is 0.301 e. The minimum Gasteiger partial charge on any atom is -0.301 e. The van der Waals surface area contributed by atoms with E-state index < -0.39 is 0 Å². The van der Waals surface area contributed by atoms with E-state index in [0.717, 1.165) is 23.1 Å². The fourth-order valence-corrected chi connectivity index (χ4v) is 4.74. The van der Waals surface area contributed by atoms with Crippen LogP contribution in [0.15, 0.2) is 73.7 Å². The first kappa shape index (κ1) is 16.9. The van der Waals surface area contributed by atoms with E-state index >= 15 is 0 Å². The molecule has 2 atom stereocenters. The van der Waals surface area contributed by atoms with Crippen molar-refractivity contribution in [1.29, 1.82) is 0 Å². The summed E-state index contributed by atoms with van der Waals surface area (Å²) < 4.78 is 0. The van der Waals surface area contributed by atoms with Crippen LogP contribution >= 0.6 is 0 Å². The summed E-state index contributed by atoms with van der Waals surface area (Å²) in [6, 6.07) is 14.5. The van der Waals surface area contributed by atoms with Gasteiger partial charge in [0, 0.05) is 35.1 Å². The van der Waals surface area contributed by atoms with Crippen molar-refractivity contribution in [1.82, 2.24) is 15.0 Å². The third-order valence-electron chi connectivity index (χ3n) is 6.62. The fourth-order valence-electron chi connectivity index (χ4n) is 4.74. The summed E-state index contributed by atoms with van der Waals surface area (Å²) in [7, 11) is 0. The van der Waals surface area contributed by atoms with Gasteiger partial charge in [-0.15, -0.1) is 6.58 Å². The number of allylic oxidation sites excluding steroid dienone is 1. The average molecular weight is 369 g/mol. The van der Waals surface area contributed by atoms with Crippen LogP contribution in [-0.2, 0) is 5.41 Å². The van der Waals surface area contributed by atoms with Gasteiger partial charge in [0.1, 0.15) is 12.0 Å². The lowest BCUT2D eigenvalue weighted by molar-refractivity contribution is 0.170. The lowest BCUT2D eigenvalue weighted by Crippen LogP contribution is -2.60. The van der Waals surface area contributed by atoms with Crippen LogP contribution in [0.25, 0.3) is 0 Å². The third-order valence-corrected chi connectivity index (χ3v) is 6.62. The van der Waals surface area contributed by atoms with Gasteiger partial charge >= 0.3 is 0 Å². The Morgan fingerprint density at radius 2 is 1.54 bits per heavy atom. The van der Waals surface area contributed by atoms with Crippen molar-refractivity contribution in [2.24, 2.45) is 5.41 Å². The maximum atomic E-state index is 4.73. The summed E-state index contributed by atoms with van der Waals surface area (Å²) >= 11 is 0. The third kappa shape index (κ3) is 1.93. The monoisotopic (exact) mass is 369 g/mol. The van der Waals surface area contributed by atoms with Crippen molar-refractivity contribution >= 4 is 23.1 Å². The highest BCUT2D eigenvalue weighted by atomic mass is 15.5. The van der Waals surface area contributed by atoms with Crippen LogP contribution in [0.3, 0.4) is 0 Å². The molecule has 0 aliphatic carbocycles. The molecule has 4 heterocycles. The van der Waals surface area contributed by atoms with Gasteiger partial charge in [-0.25, -0.2) is 15.0 Å². The van der Waals surface area contributed by atoms with Crippen molar-refractivity contribution in [3.05, 3.63) is 79.3 Å². The number of aromatic nitrogens is 3. The molecule has 0 N–H and O–H groups in total. The van der Waals surface area contributed by atoms with Gasteiger partial charge in [0.15, 0.2) is 11.6 Å². The minimum absolute atomic E-state index is 0.0299. The van der Waals surface area contributed by atoms with Crippen LogP contribution < -0.4 is 9.80 Å². The zero-order valence-corrected chi connectivity index (χ0v) is 16.4. The Bertz CT molecular complexity index is 1060. The van der Waals surface area contributed by atoms with E-state index in [1.165, 1.54) is 5.56 Å². The highest BCUT2D eigenvalue weighted by Crippen LogP contribution is 2.61. The first-order valence-electron chi connectivity index (χ1n) is 9.54. The van der Waals surface area contributed by atoms with Crippen molar-refractivity contribution in [2.75, 3.05) is 9.80 Å². The number of benzene rings is 1. The van der Waals surface area contributed by atoms with Gasteiger partial charge in [-0.05, 0) is 23.8 Å². The van der Waals surface area contributed by atoms with E-state index in [1.54, 1.807) is 12.4 Å². The van der Waals surface area contributed by atoms with E-state index in [4.69, 9.17) is 9.97 Å². The lowest BCUT2D eigenvalue weighted by Gasteiger charge is -2.56. The molecule has 0 amide bonds. The number of pyridine rings is 1. The second-order valence-electron chi connectivity index (χ2n) is 8.15. The second kappa shape index (κ2) is 5.64. The van der Waals surface area contributed by atoms with Crippen LogP contribution in [0.1, 0.15) is 26.3 Å². The first-order chi connectivity index (χ1) is 13.5. The number of rotatable bonds is 2.